The summed E-state index contributed by atoms with van der Waals surface area (Å²) in [5, 5.41) is 28.4. The zero-order chi connectivity index (χ0) is 22.7. The molecular formula is C17H18N6O5S4. The first-order valence-corrected chi connectivity index (χ1v) is 13.3. The Kier molecular flexibility index (Phi) is 7.37. The Morgan fingerprint density at radius 3 is 2.97 bits per heavy atom. The lowest BCUT2D eigenvalue weighted by Crippen LogP contribution is -2.71. The largest absolute Gasteiger partial charge is 0.477 e. The van der Waals surface area contributed by atoms with Gasteiger partial charge in [-0.05, 0) is 11.0 Å². The van der Waals surface area contributed by atoms with Gasteiger partial charge in [-0.15, -0.1) is 52.1 Å². The van der Waals surface area contributed by atoms with Crippen LogP contribution >= 0.6 is 47.0 Å². The molecule has 4 rings (SSSR count). The summed E-state index contributed by atoms with van der Waals surface area (Å²) in [6.07, 6.45) is 1.54. The van der Waals surface area contributed by atoms with E-state index >= 15 is 0 Å². The van der Waals surface area contributed by atoms with Crippen LogP contribution in [0.5, 0.6) is 0 Å². The van der Waals surface area contributed by atoms with E-state index in [4.69, 9.17) is 4.84 Å². The summed E-state index contributed by atoms with van der Waals surface area (Å²) < 4.78 is 0. The highest BCUT2D eigenvalue weighted by Gasteiger charge is 2.54. The number of rotatable bonds is 8. The SMILES string of the molecule is CO/N=C(\C(=O)NC1C(=O)N2C(C(=O)O)=C(CSc3cnn[nH]3)CS[C@H]12)C1=CSCCS1. The van der Waals surface area contributed by atoms with Crippen molar-refractivity contribution in [2.75, 3.05) is 30.1 Å². The van der Waals surface area contributed by atoms with Gasteiger partial charge >= 0.3 is 5.97 Å². The fourth-order valence-electron chi connectivity index (χ4n) is 3.21. The number of carboxylic acid groups (broad SMARTS) is 1. The number of fused-ring (bicyclic) bond motifs is 1. The summed E-state index contributed by atoms with van der Waals surface area (Å²) in [5.41, 5.74) is 0.701. The van der Waals surface area contributed by atoms with Gasteiger partial charge in [-0.25, -0.2) is 4.79 Å². The van der Waals surface area contributed by atoms with Gasteiger partial charge in [-0.1, -0.05) is 10.4 Å². The molecule has 4 heterocycles. The molecule has 15 heteroatoms. The van der Waals surface area contributed by atoms with E-state index < -0.39 is 29.2 Å². The van der Waals surface area contributed by atoms with Gasteiger partial charge in [0.1, 0.15) is 29.2 Å². The normalized spacial score (nSPS) is 23.3. The second-order valence-corrected chi connectivity index (χ2v) is 10.8. The number of oxime groups is 1. The number of aliphatic carboxylic acids is 1. The van der Waals surface area contributed by atoms with E-state index in [0.29, 0.717) is 27.0 Å². The molecular weight excluding hydrogens is 496 g/mol. The predicted octanol–water partition coefficient (Wildman–Crippen LogP) is 0.959. The molecule has 0 aromatic carbocycles. The summed E-state index contributed by atoms with van der Waals surface area (Å²) in [4.78, 5) is 44.4. The average molecular weight is 515 g/mol. The molecule has 1 saturated heterocycles. The number of nitrogens with zero attached hydrogens (tertiary/aromatic N) is 4. The van der Waals surface area contributed by atoms with Crippen molar-refractivity contribution in [3.63, 3.8) is 0 Å². The van der Waals surface area contributed by atoms with Crippen LogP contribution in [-0.4, -0.2) is 90.4 Å². The third kappa shape index (κ3) is 4.65. The molecule has 2 atom stereocenters. The highest BCUT2D eigenvalue weighted by Crippen LogP contribution is 2.41. The van der Waals surface area contributed by atoms with Crippen LogP contribution in [0.2, 0.25) is 0 Å². The summed E-state index contributed by atoms with van der Waals surface area (Å²) in [7, 11) is 1.35. The van der Waals surface area contributed by atoms with Gasteiger partial charge in [-0.2, -0.15) is 0 Å². The molecule has 1 fully saturated rings. The Labute approximate surface area is 199 Å². The van der Waals surface area contributed by atoms with Crippen LogP contribution in [0.25, 0.3) is 0 Å². The van der Waals surface area contributed by atoms with Crippen molar-refractivity contribution in [3.05, 3.63) is 27.8 Å². The highest BCUT2D eigenvalue weighted by atomic mass is 32.2. The standard InChI is InChI=1S/C17H18N6O5S4/c1-28-21-11(9-7-29-2-3-30-9)14(24)19-12-15(25)23-13(17(26)27)8(6-32-16(12)23)5-31-10-4-18-22-20-10/h4,7,12,16H,2-3,5-6H2,1H3,(H,19,24)(H,26,27)(H,18,20,22)/b21-11-/t12?,16-/m1/s1. The summed E-state index contributed by atoms with van der Waals surface area (Å²) >= 11 is 5.84. The maximum absolute atomic E-state index is 12.9. The van der Waals surface area contributed by atoms with E-state index in [1.54, 1.807) is 18.0 Å². The van der Waals surface area contributed by atoms with E-state index in [1.807, 2.05) is 5.41 Å². The van der Waals surface area contributed by atoms with Crippen LogP contribution < -0.4 is 5.32 Å². The molecule has 1 aromatic rings. The van der Waals surface area contributed by atoms with Gasteiger partial charge in [0, 0.05) is 27.9 Å². The molecule has 11 nitrogen and oxygen atoms in total. The zero-order valence-electron chi connectivity index (χ0n) is 16.6. The van der Waals surface area contributed by atoms with E-state index in [9.17, 15) is 19.5 Å². The van der Waals surface area contributed by atoms with Crippen molar-refractivity contribution < 1.29 is 24.3 Å². The number of carboxylic acids is 1. The number of nitrogens with one attached hydrogen (secondary N) is 2. The lowest BCUT2D eigenvalue weighted by molar-refractivity contribution is -0.150. The van der Waals surface area contributed by atoms with Crippen molar-refractivity contribution in [3.8, 4) is 0 Å². The van der Waals surface area contributed by atoms with Crippen molar-refractivity contribution in [1.82, 2.24) is 25.6 Å². The number of hydrogen-bond acceptors (Lipinski definition) is 11. The first kappa shape index (κ1) is 23.1. The number of amides is 2. The van der Waals surface area contributed by atoms with Crippen LogP contribution in [0, 0.1) is 0 Å². The fourth-order valence-corrected chi connectivity index (χ4v) is 7.54. The van der Waals surface area contributed by atoms with Crippen molar-refractivity contribution in [2.45, 2.75) is 16.4 Å². The van der Waals surface area contributed by atoms with Gasteiger partial charge in [0.2, 0.25) is 0 Å². The van der Waals surface area contributed by atoms with Gasteiger partial charge in [0.05, 0.1) is 6.20 Å². The minimum Gasteiger partial charge on any atom is -0.477 e. The topological polar surface area (TPSA) is 150 Å². The van der Waals surface area contributed by atoms with Crippen LogP contribution in [0.4, 0.5) is 0 Å². The molecule has 0 bridgehead atoms. The molecule has 0 radical (unpaired) electrons. The third-order valence-electron chi connectivity index (χ3n) is 4.61. The molecule has 3 aliphatic heterocycles. The Hall–Kier alpha value is -2.10. The lowest BCUT2D eigenvalue weighted by Gasteiger charge is -2.49. The molecule has 1 unspecified atom stereocenters. The van der Waals surface area contributed by atoms with E-state index in [1.165, 1.54) is 47.3 Å². The molecule has 3 N–H and O–H groups in total. The Bertz CT molecular complexity index is 1010. The summed E-state index contributed by atoms with van der Waals surface area (Å²) in [6, 6.07) is -0.836. The second-order valence-electron chi connectivity index (χ2n) is 6.55. The minimum absolute atomic E-state index is 0.0306. The number of carbonyl (C=O) groups is 3. The number of β-lactam (4-membered cyclic amide) rings is 1. The van der Waals surface area contributed by atoms with Crippen molar-refractivity contribution in [1.29, 1.82) is 0 Å². The first-order chi connectivity index (χ1) is 15.5. The highest BCUT2D eigenvalue weighted by molar-refractivity contribution is 8.10. The number of H-pyrrole nitrogens is 1. The maximum Gasteiger partial charge on any atom is 0.352 e. The van der Waals surface area contributed by atoms with Crippen LogP contribution in [0.15, 0.2) is 38.0 Å². The minimum atomic E-state index is -1.17. The monoisotopic (exact) mass is 514 g/mol. The van der Waals surface area contributed by atoms with Gasteiger partial charge in [0.15, 0.2) is 5.71 Å². The number of thioether (sulfide) groups is 4. The van der Waals surface area contributed by atoms with E-state index in [2.05, 4.69) is 25.9 Å². The van der Waals surface area contributed by atoms with Crippen LogP contribution in [0.3, 0.4) is 0 Å². The molecule has 32 heavy (non-hydrogen) atoms. The second kappa shape index (κ2) is 10.2. The van der Waals surface area contributed by atoms with Gasteiger partial charge in [-0.3, -0.25) is 19.6 Å². The van der Waals surface area contributed by atoms with Crippen molar-refractivity contribution >= 4 is 70.5 Å². The molecule has 170 valence electrons. The number of aromatic nitrogens is 3. The number of aromatic amines is 1. The number of carbonyl (C=O) groups excluding carboxylic acids is 2. The van der Waals surface area contributed by atoms with Crippen LogP contribution in [0.1, 0.15) is 0 Å². The van der Waals surface area contributed by atoms with E-state index in [0.717, 1.165) is 11.5 Å². The van der Waals surface area contributed by atoms with E-state index in [-0.39, 0.29) is 11.4 Å². The predicted molar refractivity (Wildman–Crippen MR) is 124 cm³/mol. The van der Waals surface area contributed by atoms with Gasteiger partial charge < -0.3 is 15.3 Å². The smallest absolute Gasteiger partial charge is 0.352 e. The Morgan fingerprint density at radius 2 is 2.31 bits per heavy atom. The molecule has 2 amide bonds. The first-order valence-electron chi connectivity index (χ1n) is 9.27. The third-order valence-corrected chi connectivity index (χ3v) is 9.23. The number of hydrogen-bond donors (Lipinski definition) is 3. The quantitative estimate of drug-likeness (QED) is 0.197. The maximum atomic E-state index is 12.9. The lowest BCUT2D eigenvalue weighted by atomic mass is 10.0. The van der Waals surface area contributed by atoms with Gasteiger partial charge in [0.25, 0.3) is 11.8 Å². The summed E-state index contributed by atoms with van der Waals surface area (Å²) in [5.74, 6) is 0.411. The zero-order valence-corrected chi connectivity index (χ0v) is 19.9. The molecule has 0 saturated carbocycles. The Morgan fingerprint density at radius 1 is 1.47 bits per heavy atom. The molecule has 1 aromatic heterocycles. The Balaban J connectivity index is 1.47. The van der Waals surface area contributed by atoms with Crippen LogP contribution in [-0.2, 0) is 19.2 Å². The average Bonchev–Trinajstić information content (AvgIpc) is 3.33. The van der Waals surface area contributed by atoms with Crippen molar-refractivity contribution in [2.24, 2.45) is 5.16 Å². The summed E-state index contributed by atoms with van der Waals surface area (Å²) in [6.45, 7) is 0. The molecule has 0 spiro atoms. The fraction of sp³-hybridized carbons (Fsp3) is 0.412. The molecule has 3 aliphatic rings. The molecule has 0 aliphatic carbocycles.